The van der Waals surface area contributed by atoms with Gasteiger partial charge in [0, 0.05) is 5.56 Å². The molecule has 0 aromatic heterocycles. The summed E-state index contributed by atoms with van der Waals surface area (Å²) >= 11 is 0. The maximum absolute atomic E-state index is 12.5. The first-order valence-electron chi connectivity index (χ1n) is 8.71. The summed E-state index contributed by atoms with van der Waals surface area (Å²) in [5.41, 5.74) is 0.502. The predicted molar refractivity (Wildman–Crippen MR) is 90.7 cm³/mol. The van der Waals surface area contributed by atoms with Crippen LogP contribution in [0.25, 0.3) is 0 Å². The summed E-state index contributed by atoms with van der Waals surface area (Å²) in [4.78, 5) is 37.0. The fourth-order valence-corrected chi connectivity index (χ4v) is 3.70. The van der Waals surface area contributed by atoms with Gasteiger partial charge in [0.15, 0.2) is 12.4 Å². The Morgan fingerprint density at radius 2 is 1.56 bits per heavy atom. The molecule has 1 saturated carbocycles. The van der Waals surface area contributed by atoms with E-state index in [0.717, 1.165) is 12.8 Å². The second-order valence-corrected chi connectivity index (χ2v) is 6.56. The number of rotatable bonds is 7. The Hall–Kier alpha value is -2.43. The van der Waals surface area contributed by atoms with E-state index in [1.807, 2.05) is 25.1 Å². The molecule has 132 valence electrons. The molecule has 3 rings (SSSR count). The van der Waals surface area contributed by atoms with Gasteiger partial charge in [-0.3, -0.25) is 14.4 Å². The fraction of sp³-hybridized carbons (Fsp3) is 0.450. The van der Waals surface area contributed by atoms with Crippen molar-refractivity contribution in [3.05, 3.63) is 48.0 Å². The van der Waals surface area contributed by atoms with E-state index in [1.54, 1.807) is 24.3 Å². The molecule has 0 unspecified atom stereocenters. The number of ether oxygens (including phenoxy) is 2. The molecule has 5 nitrogen and oxygen atoms in total. The second-order valence-electron chi connectivity index (χ2n) is 6.56. The second kappa shape index (κ2) is 7.64. The molecule has 0 amide bonds. The first-order valence-corrected chi connectivity index (χ1v) is 8.71. The van der Waals surface area contributed by atoms with Gasteiger partial charge in [-0.05, 0) is 24.7 Å². The molecule has 0 saturated heterocycles. The van der Waals surface area contributed by atoms with Crippen molar-refractivity contribution in [3.8, 4) is 0 Å². The van der Waals surface area contributed by atoms with Gasteiger partial charge in [0.2, 0.25) is 0 Å². The van der Waals surface area contributed by atoms with E-state index in [-0.39, 0.29) is 30.2 Å². The molecule has 1 aromatic rings. The van der Waals surface area contributed by atoms with Gasteiger partial charge < -0.3 is 9.47 Å². The minimum atomic E-state index is -0.553. The number of allylic oxidation sites excluding steroid dienone is 2. The first kappa shape index (κ1) is 17.4. The first-order chi connectivity index (χ1) is 12.1. The number of ketones is 1. The summed E-state index contributed by atoms with van der Waals surface area (Å²) in [6.07, 6.45) is 5.46. The van der Waals surface area contributed by atoms with Gasteiger partial charge >= 0.3 is 11.9 Å². The van der Waals surface area contributed by atoms with Crippen molar-refractivity contribution in [2.45, 2.75) is 19.8 Å². The molecule has 1 aromatic carbocycles. The normalized spacial score (nSPS) is 26.4. The zero-order valence-electron chi connectivity index (χ0n) is 14.2. The van der Waals surface area contributed by atoms with Crippen molar-refractivity contribution in [3.63, 3.8) is 0 Å². The number of carbonyl (C=O) groups excluding carboxylic acids is 3. The van der Waals surface area contributed by atoms with Crippen LogP contribution in [0, 0.1) is 23.7 Å². The summed E-state index contributed by atoms with van der Waals surface area (Å²) in [5.74, 6) is -2.11. The summed E-state index contributed by atoms with van der Waals surface area (Å²) in [6.45, 7) is 1.97. The Balaban J connectivity index is 1.63. The smallest absolute Gasteiger partial charge is 0.310 e. The lowest BCUT2D eigenvalue weighted by molar-refractivity contribution is -0.160. The van der Waals surface area contributed by atoms with E-state index >= 15 is 0 Å². The van der Waals surface area contributed by atoms with Crippen LogP contribution >= 0.6 is 0 Å². The number of benzene rings is 1. The van der Waals surface area contributed by atoms with E-state index in [4.69, 9.17) is 9.47 Å². The van der Waals surface area contributed by atoms with E-state index in [2.05, 4.69) is 0 Å². The quantitative estimate of drug-likeness (QED) is 0.433. The molecule has 0 radical (unpaired) electrons. The summed E-state index contributed by atoms with van der Waals surface area (Å²) in [6, 6.07) is 8.70. The van der Waals surface area contributed by atoms with Crippen molar-refractivity contribution in [1.82, 2.24) is 0 Å². The van der Waals surface area contributed by atoms with Crippen LogP contribution in [0.1, 0.15) is 30.1 Å². The number of hydrogen-bond acceptors (Lipinski definition) is 5. The highest BCUT2D eigenvalue weighted by molar-refractivity contribution is 5.98. The Morgan fingerprint density at radius 1 is 0.960 bits per heavy atom. The molecule has 2 bridgehead atoms. The fourth-order valence-electron chi connectivity index (χ4n) is 3.70. The molecular formula is C20H22O5. The Kier molecular flexibility index (Phi) is 5.31. The molecule has 25 heavy (non-hydrogen) atoms. The molecule has 2 aliphatic rings. The number of hydrogen-bond donors (Lipinski definition) is 0. The largest absolute Gasteiger partial charge is 0.465 e. The molecule has 0 heterocycles. The standard InChI is InChI=1S/C20H22O5/c1-2-10-24-19(22)17-14-8-9-15(11-14)18(17)20(23)25-12-16(21)13-6-4-3-5-7-13/h3-9,14-15,17-18H,2,10-12H2,1H3/t14-,15-,17+,18+/m0/s1. The maximum atomic E-state index is 12.5. The highest BCUT2D eigenvalue weighted by Gasteiger charge is 2.53. The van der Waals surface area contributed by atoms with Crippen LogP contribution < -0.4 is 0 Å². The zero-order chi connectivity index (χ0) is 17.8. The van der Waals surface area contributed by atoms with Crippen LogP contribution in [0.15, 0.2) is 42.5 Å². The molecule has 4 atom stereocenters. The van der Waals surface area contributed by atoms with Gasteiger partial charge in [0.05, 0.1) is 18.4 Å². The van der Waals surface area contributed by atoms with E-state index in [0.29, 0.717) is 12.2 Å². The topological polar surface area (TPSA) is 69.7 Å². The van der Waals surface area contributed by atoms with E-state index < -0.39 is 17.8 Å². The van der Waals surface area contributed by atoms with E-state index in [9.17, 15) is 14.4 Å². The molecule has 0 aliphatic heterocycles. The Morgan fingerprint density at radius 3 is 2.16 bits per heavy atom. The monoisotopic (exact) mass is 342 g/mol. The maximum Gasteiger partial charge on any atom is 0.310 e. The third-order valence-corrected chi connectivity index (χ3v) is 4.89. The van der Waals surface area contributed by atoms with Crippen LogP contribution in [0.5, 0.6) is 0 Å². The average molecular weight is 342 g/mol. The lowest BCUT2D eigenvalue weighted by Gasteiger charge is -2.24. The lowest BCUT2D eigenvalue weighted by atomic mass is 9.83. The molecule has 5 heteroatoms. The van der Waals surface area contributed by atoms with Crippen molar-refractivity contribution in [1.29, 1.82) is 0 Å². The highest BCUT2D eigenvalue weighted by atomic mass is 16.5. The lowest BCUT2D eigenvalue weighted by Crippen LogP contribution is -2.36. The number of esters is 2. The van der Waals surface area contributed by atoms with Crippen LogP contribution in [0.4, 0.5) is 0 Å². The Labute approximate surface area is 147 Å². The summed E-state index contributed by atoms with van der Waals surface area (Å²) < 4.78 is 10.5. The summed E-state index contributed by atoms with van der Waals surface area (Å²) in [5, 5.41) is 0. The number of fused-ring (bicyclic) bond motifs is 2. The van der Waals surface area contributed by atoms with Crippen LogP contribution in [0.2, 0.25) is 0 Å². The van der Waals surface area contributed by atoms with Gasteiger partial charge in [-0.25, -0.2) is 0 Å². The van der Waals surface area contributed by atoms with Gasteiger partial charge in [0.25, 0.3) is 0 Å². The molecule has 2 aliphatic carbocycles. The van der Waals surface area contributed by atoms with Crippen molar-refractivity contribution in [2.24, 2.45) is 23.7 Å². The summed E-state index contributed by atoms with van der Waals surface area (Å²) in [7, 11) is 0. The van der Waals surface area contributed by atoms with E-state index in [1.165, 1.54) is 0 Å². The van der Waals surface area contributed by atoms with Crippen molar-refractivity contribution in [2.75, 3.05) is 13.2 Å². The predicted octanol–water partition coefficient (Wildman–Crippen LogP) is 2.80. The average Bonchev–Trinajstić information content (AvgIpc) is 3.26. The van der Waals surface area contributed by atoms with Crippen LogP contribution in [-0.4, -0.2) is 30.9 Å². The SMILES string of the molecule is CCCOC(=O)[C@H]1[C@H](C(=O)OCC(=O)c2ccccc2)[C@H]2C=C[C@H]1C2. The molecule has 1 fully saturated rings. The van der Waals surface area contributed by atoms with Gasteiger partial charge in [-0.15, -0.1) is 0 Å². The van der Waals surface area contributed by atoms with Crippen LogP contribution in [0.3, 0.4) is 0 Å². The van der Waals surface area contributed by atoms with Crippen LogP contribution in [-0.2, 0) is 19.1 Å². The van der Waals surface area contributed by atoms with Gasteiger partial charge in [0.1, 0.15) is 0 Å². The number of carbonyl (C=O) groups is 3. The van der Waals surface area contributed by atoms with Gasteiger partial charge in [-0.2, -0.15) is 0 Å². The van der Waals surface area contributed by atoms with Gasteiger partial charge in [-0.1, -0.05) is 49.4 Å². The molecular weight excluding hydrogens is 320 g/mol. The minimum absolute atomic E-state index is 0.0106. The third kappa shape index (κ3) is 3.65. The zero-order valence-corrected chi connectivity index (χ0v) is 14.2. The van der Waals surface area contributed by atoms with Crippen molar-refractivity contribution < 1.29 is 23.9 Å². The third-order valence-electron chi connectivity index (χ3n) is 4.89. The molecule has 0 N–H and O–H groups in total. The number of Topliss-reactive ketones (excluding diaryl/α,β-unsaturated/α-hetero) is 1. The minimum Gasteiger partial charge on any atom is -0.465 e. The van der Waals surface area contributed by atoms with Crippen molar-refractivity contribution >= 4 is 17.7 Å². The molecule has 0 spiro atoms. The highest BCUT2D eigenvalue weighted by Crippen LogP contribution is 2.49. The Bertz CT molecular complexity index is 679.